The smallest absolute Gasteiger partial charge is 0.262 e. The van der Waals surface area contributed by atoms with Crippen molar-refractivity contribution in [2.24, 2.45) is 0 Å². The van der Waals surface area contributed by atoms with Crippen LogP contribution in [0.15, 0.2) is 72.8 Å². The number of hydrogen-bond donors (Lipinski definition) is 0. The van der Waals surface area contributed by atoms with Crippen LogP contribution in [-0.4, -0.2) is 48.7 Å². The lowest BCUT2D eigenvalue weighted by molar-refractivity contribution is -0.122. The van der Waals surface area contributed by atoms with Crippen molar-refractivity contribution in [3.8, 4) is 0 Å². The van der Waals surface area contributed by atoms with Gasteiger partial charge in [-0.3, -0.25) is 24.1 Å². The molecule has 1 aliphatic heterocycles. The first-order valence-corrected chi connectivity index (χ1v) is 10.3. The molecule has 0 unspecified atom stereocenters. The average molecular weight is 463 g/mol. The number of fused-ring (bicyclic) bond motifs is 1. The standard InChI is InChI=1S/C25H19F2N3O4/c1-28(21-13-16(26)11-12-20(21)27)22(31)14-29(17-7-3-2-4-8-17)23(32)15-30-24(33)18-9-5-6-10-19(18)25(30)34/h2-13H,14-15H2,1H3. The first kappa shape index (κ1) is 22.8. The number of hydrogen-bond acceptors (Lipinski definition) is 4. The summed E-state index contributed by atoms with van der Waals surface area (Å²) in [6, 6.07) is 17.1. The third-order valence-corrected chi connectivity index (χ3v) is 5.48. The van der Waals surface area contributed by atoms with Gasteiger partial charge in [0.2, 0.25) is 11.8 Å². The molecule has 3 aromatic rings. The van der Waals surface area contributed by atoms with Gasteiger partial charge in [0.05, 0.1) is 16.8 Å². The quantitative estimate of drug-likeness (QED) is 0.526. The van der Waals surface area contributed by atoms with Crippen molar-refractivity contribution in [1.29, 1.82) is 0 Å². The van der Waals surface area contributed by atoms with Crippen LogP contribution in [0.1, 0.15) is 20.7 Å². The van der Waals surface area contributed by atoms with Crippen molar-refractivity contribution in [3.63, 3.8) is 0 Å². The Morgan fingerprint density at radius 2 is 1.41 bits per heavy atom. The Hall–Kier alpha value is -4.40. The molecule has 1 aliphatic rings. The van der Waals surface area contributed by atoms with Crippen LogP contribution in [0, 0.1) is 11.6 Å². The SMILES string of the molecule is CN(C(=O)CN(C(=O)CN1C(=O)c2ccccc2C1=O)c1ccccc1)c1cc(F)ccc1F. The first-order valence-electron chi connectivity index (χ1n) is 10.3. The molecule has 0 saturated carbocycles. The van der Waals surface area contributed by atoms with Gasteiger partial charge in [-0.15, -0.1) is 0 Å². The fourth-order valence-corrected chi connectivity index (χ4v) is 3.65. The van der Waals surface area contributed by atoms with Crippen LogP contribution in [0.5, 0.6) is 0 Å². The number of nitrogens with zero attached hydrogens (tertiary/aromatic N) is 3. The molecule has 3 aromatic carbocycles. The van der Waals surface area contributed by atoms with Gasteiger partial charge in [-0.2, -0.15) is 0 Å². The lowest BCUT2D eigenvalue weighted by Gasteiger charge is -2.27. The van der Waals surface area contributed by atoms with Gasteiger partial charge in [0.15, 0.2) is 0 Å². The lowest BCUT2D eigenvalue weighted by Crippen LogP contribution is -2.47. The second-order valence-electron chi connectivity index (χ2n) is 7.61. The van der Waals surface area contributed by atoms with Crippen LogP contribution in [-0.2, 0) is 9.59 Å². The first-order chi connectivity index (χ1) is 16.3. The summed E-state index contributed by atoms with van der Waals surface area (Å²) < 4.78 is 27.8. The predicted octanol–water partition coefficient (Wildman–Crippen LogP) is 3.26. The topological polar surface area (TPSA) is 78.0 Å². The van der Waals surface area contributed by atoms with Crippen molar-refractivity contribution < 1.29 is 28.0 Å². The molecular formula is C25H19F2N3O4. The normalized spacial score (nSPS) is 12.5. The van der Waals surface area contributed by atoms with Gasteiger partial charge in [0, 0.05) is 18.8 Å². The molecule has 7 nitrogen and oxygen atoms in total. The molecule has 0 aromatic heterocycles. The van der Waals surface area contributed by atoms with Gasteiger partial charge >= 0.3 is 0 Å². The third kappa shape index (κ3) is 4.27. The van der Waals surface area contributed by atoms with Crippen molar-refractivity contribution in [2.75, 3.05) is 29.9 Å². The van der Waals surface area contributed by atoms with Crippen LogP contribution >= 0.6 is 0 Å². The molecule has 0 spiro atoms. The Morgan fingerprint density at radius 3 is 2.03 bits per heavy atom. The summed E-state index contributed by atoms with van der Waals surface area (Å²) in [7, 11) is 1.26. The Balaban J connectivity index is 1.58. The van der Waals surface area contributed by atoms with Crippen LogP contribution < -0.4 is 9.80 Å². The van der Waals surface area contributed by atoms with E-state index >= 15 is 0 Å². The molecule has 0 N–H and O–H groups in total. The van der Waals surface area contributed by atoms with E-state index in [1.165, 1.54) is 19.2 Å². The highest BCUT2D eigenvalue weighted by Crippen LogP contribution is 2.24. The largest absolute Gasteiger partial charge is 0.311 e. The zero-order valence-electron chi connectivity index (χ0n) is 18.1. The number of likely N-dealkylation sites (N-methyl/N-ethyl adjacent to an activating group) is 1. The fraction of sp³-hybridized carbons (Fsp3) is 0.120. The summed E-state index contributed by atoms with van der Waals surface area (Å²) in [5, 5.41) is 0. The molecule has 0 fully saturated rings. The number of imide groups is 1. The van der Waals surface area contributed by atoms with Gasteiger partial charge in [0.25, 0.3) is 11.8 Å². The molecule has 0 aliphatic carbocycles. The summed E-state index contributed by atoms with van der Waals surface area (Å²) in [4.78, 5) is 54.3. The van der Waals surface area contributed by atoms with E-state index in [-0.39, 0.29) is 16.8 Å². The minimum absolute atomic E-state index is 0.198. The predicted molar refractivity (Wildman–Crippen MR) is 120 cm³/mol. The van der Waals surface area contributed by atoms with Gasteiger partial charge < -0.3 is 9.80 Å². The molecule has 4 rings (SSSR count). The zero-order chi connectivity index (χ0) is 24.4. The molecule has 172 valence electrons. The summed E-state index contributed by atoms with van der Waals surface area (Å²) in [5.41, 5.74) is 0.448. The number of carbonyl (C=O) groups excluding carboxylic acids is 4. The molecule has 0 atom stereocenters. The number of benzene rings is 3. The molecule has 1 heterocycles. The highest BCUT2D eigenvalue weighted by molar-refractivity contribution is 6.23. The van der Waals surface area contributed by atoms with E-state index < -0.39 is 48.4 Å². The Kier molecular flexibility index (Phi) is 6.18. The van der Waals surface area contributed by atoms with E-state index in [9.17, 15) is 28.0 Å². The van der Waals surface area contributed by atoms with Gasteiger partial charge in [-0.1, -0.05) is 30.3 Å². The zero-order valence-corrected chi connectivity index (χ0v) is 18.1. The second kappa shape index (κ2) is 9.22. The van der Waals surface area contributed by atoms with E-state index in [2.05, 4.69) is 0 Å². The summed E-state index contributed by atoms with van der Waals surface area (Å²) in [5.74, 6) is -4.13. The van der Waals surface area contributed by atoms with Gasteiger partial charge in [-0.05, 0) is 36.4 Å². The van der Waals surface area contributed by atoms with E-state index in [1.807, 2.05) is 0 Å². The summed E-state index contributed by atoms with van der Waals surface area (Å²) in [6.07, 6.45) is 0. The highest BCUT2D eigenvalue weighted by Gasteiger charge is 2.37. The minimum atomic E-state index is -0.805. The Bertz CT molecular complexity index is 1260. The van der Waals surface area contributed by atoms with Crippen LogP contribution in [0.3, 0.4) is 0 Å². The molecule has 4 amide bonds. The number of amides is 4. The van der Waals surface area contributed by atoms with E-state index in [0.29, 0.717) is 5.69 Å². The molecule has 0 radical (unpaired) electrons. The van der Waals surface area contributed by atoms with E-state index in [1.54, 1.807) is 42.5 Å². The van der Waals surface area contributed by atoms with Crippen LogP contribution in [0.25, 0.3) is 0 Å². The maximum absolute atomic E-state index is 14.2. The third-order valence-electron chi connectivity index (χ3n) is 5.48. The maximum atomic E-state index is 14.2. The summed E-state index contributed by atoms with van der Waals surface area (Å²) in [6.45, 7) is -1.12. The maximum Gasteiger partial charge on any atom is 0.262 e. The Morgan fingerprint density at radius 1 is 0.824 bits per heavy atom. The Labute approximate surface area is 193 Å². The number of halogens is 2. The molecule has 0 bridgehead atoms. The average Bonchev–Trinajstić information content (AvgIpc) is 3.08. The van der Waals surface area contributed by atoms with Gasteiger partial charge in [-0.25, -0.2) is 8.78 Å². The molecule has 34 heavy (non-hydrogen) atoms. The lowest BCUT2D eigenvalue weighted by atomic mass is 10.1. The van der Waals surface area contributed by atoms with Crippen molar-refractivity contribution in [2.45, 2.75) is 0 Å². The van der Waals surface area contributed by atoms with Crippen molar-refractivity contribution >= 4 is 35.0 Å². The highest BCUT2D eigenvalue weighted by atomic mass is 19.1. The van der Waals surface area contributed by atoms with Crippen molar-refractivity contribution in [3.05, 3.63) is 95.6 Å². The number of rotatable bonds is 6. The molecular weight excluding hydrogens is 444 g/mol. The van der Waals surface area contributed by atoms with E-state index in [0.717, 1.165) is 32.9 Å². The minimum Gasteiger partial charge on any atom is -0.311 e. The number of anilines is 2. The second-order valence-corrected chi connectivity index (χ2v) is 7.61. The van der Waals surface area contributed by atoms with Gasteiger partial charge in [0.1, 0.15) is 24.7 Å². The molecule has 0 saturated heterocycles. The van der Waals surface area contributed by atoms with Crippen LogP contribution in [0.2, 0.25) is 0 Å². The summed E-state index contributed by atoms with van der Waals surface area (Å²) >= 11 is 0. The van der Waals surface area contributed by atoms with Crippen LogP contribution in [0.4, 0.5) is 20.2 Å². The molecule has 9 heteroatoms. The number of para-hydroxylation sites is 1. The monoisotopic (exact) mass is 463 g/mol. The van der Waals surface area contributed by atoms with Crippen molar-refractivity contribution in [1.82, 2.24) is 4.90 Å². The fourth-order valence-electron chi connectivity index (χ4n) is 3.65. The number of carbonyl (C=O) groups is 4. The van der Waals surface area contributed by atoms with E-state index in [4.69, 9.17) is 0 Å².